The Kier molecular flexibility index (Phi) is 11.0. The number of piperidine rings is 1. The third-order valence-electron chi connectivity index (χ3n) is 11.6. The second-order valence-electron chi connectivity index (χ2n) is 15.6. The molecule has 1 saturated heterocycles. The van der Waals surface area contributed by atoms with Gasteiger partial charge in [-0.05, 0) is 103 Å². The Hall–Kier alpha value is -6.68. The Bertz CT molecular complexity index is 2720. The molecule has 0 saturated carbocycles. The summed E-state index contributed by atoms with van der Waals surface area (Å²) in [7, 11) is 1.77. The zero-order valence-electron chi connectivity index (χ0n) is 33.7. The summed E-state index contributed by atoms with van der Waals surface area (Å²) in [5.74, 6) is 4.60. The van der Waals surface area contributed by atoms with Crippen molar-refractivity contribution >= 4 is 45.9 Å². The van der Waals surface area contributed by atoms with Gasteiger partial charge in [0.1, 0.15) is 11.7 Å². The van der Waals surface area contributed by atoms with Crippen molar-refractivity contribution in [1.29, 1.82) is 0 Å². The molecule has 0 aliphatic carbocycles. The fraction of sp³-hybridized carbons (Fsp3) is 0.319. The Labute approximate surface area is 345 Å². The number of anilines is 2. The highest BCUT2D eigenvalue weighted by molar-refractivity contribution is 6.05. The summed E-state index contributed by atoms with van der Waals surface area (Å²) in [5, 5.41) is 6.01. The number of imide groups is 1. The van der Waals surface area contributed by atoms with Crippen LogP contribution in [0.2, 0.25) is 0 Å². The standard InChI is InChI=1S/C47H44F2N6O5/c1-4-9-28-21-40-35(20-27(2)46(59)53(40)3)41(22-28)54-19-8-12-30-23-33(34(43(48)49)24-39(30)54)31-14-15-37(51-25-31)44(57)50-18-6-5-10-29-11-7-13-32-36(29)26-55(47(32)60)38-16-17-42(56)52-45(38)58/h7,11,13-15,20-25,38,43H,4,6,8-9,12,16-19,26H2,1-3H3,(H,50,57)(H,52,56,58). The molecule has 5 heterocycles. The first-order valence-corrected chi connectivity index (χ1v) is 20.3. The van der Waals surface area contributed by atoms with E-state index in [0.717, 1.165) is 47.0 Å². The summed E-state index contributed by atoms with van der Waals surface area (Å²) in [5.41, 5.74) is 7.64. The molecule has 60 heavy (non-hydrogen) atoms. The third-order valence-corrected chi connectivity index (χ3v) is 11.6. The van der Waals surface area contributed by atoms with Gasteiger partial charge in [-0.3, -0.25) is 34.3 Å². The number of rotatable bonds is 9. The van der Waals surface area contributed by atoms with Crippen LogP contribution in [-0.2, 0) is 36.0 Å². The Morgan fingerprint density at radius 3 is 2.60 bits per heavy atom. The molecule has 4 amide bonds. The maximum Gasteiger partial charge on any atom is 0.269 e. The molecule has 11 nitrogen and oxygen atoms in total. The Balaban J connectivity index is 0.967. The second-order valence-corrected chi connectivity index (χ2v) is 15.6. The molecule has 1 fully saturated rings. The van der Waals surface area contributed by atoms with Gasteiger partial charge in [-0.25, -0.2) is 8.78 Å². The number of pyridine rings is 2. The van der Waals surface area contributed by atoms with Gasteiger partial charge in [-0.1, -0.05) is 37.3 Å². The summed E-state index contributed by atoms with van der Waals surface area (Å²) in [4.78, 5) is 71.1. The number of carbonyl (C=O) groups is 4. The number of nitrogens with one attached hydrogen (secondary N) is 2. The van der Waals surface area contributed by atoms with Gasteiger partial charge in [-0.15, -0.1) is 0 Å². The topological polar surface area (TPSA) is 134 Å². The molecule has 2 aromatic heterocycles. The number of carbonyl (C=O) groups excluding carboxylic acids is 4. The van der Waals surface area contributed by atoms with Crippen LogP contribution in [0, 0.1) is 18.8 Å². The Morgan fingerprint density at radius 2 is 1.85 bits per heavy atom. The van der Waals surface area contributed by atoms with Crippen molar-refractivity contribution in [2.24, 2.45) is 7.05 Å². The number of hydrogen-bond donors (Lipinski definition) is 2. The molecule has 13 heteroatoms. The zero-order chi connectivity index (χ0) is 42.2. The summed E-state index contributed by atoms with van der Waals surface area (Å²) >= 11 is 0. The van der Waals surface area contributed by atoms with Crippen molar-refractivity contribution < 1.29 is 28.0 Å². The lowest BCUT2D eigenvalue weighted by Crippen LogP contribution is -2.52. The van der Waals surface area contributed by atoms with Crippen LogP contribution in [0.4, 0.5) is 20.2 Å². The van der Waals surface area contributed by atoms with Gasteiger partial charge >= 0.3 is 0 Å². The first-order valence-electron chi connectivity index (χ1n) is 20.3. The van der Waals surface area contributed by atoms with Gasteiger partial charge in [0.05, 0.1) is 11.2 Å². The lowest BCUT2D eigenvalue weighted by atomic mass is 9.91. The lowest BCUT2D eigenvalue weighted by Gasteiger charge is -2.34. The minimum atomic E-state index is -2.77. The molecule has 306 valence electrons. The number of hydrogen-bond acceptors (Lipinski definition) is 7. The number of aryl methyl sites for hydroxylation is 4. The van der Waals surface area contributed by atoms with E-state index in [9.17, 15) is 32.8 Å². The number of nitrogens with zero attached hydrogens (tertiary/aromatic N) is 4. The molecule has 3 aliphatic heterocycles. The minimum Gasteiger partial charge on any atom is -0.350 e. The maximum absolute atomic E-state index is 14.9. The molecular formula is C47H44F2N6O5. The van der Waals surface area contributed by atoms with Crippen LogP contribution >= 0.6 is 0 Å². The largest absolute Gasteiger partial charge is 0.350 e. The van der Waals surface area contributed by atoms with Crippen LogP contribution in [0.15, 0.2) is 71.7 Å². The Morgan fingerprint density at radius 1 is 1.02 bits per heavy atom. The molecule has 0 spiro atoms. The molecule has 0 radical (unpaired) electrons. The second kappa shape index (κ2) is 16.5. The molecule has 3 aromatic carbocycles. The number of halogens is 2. The highest BCUT2D eigenvalue weighted by Crippen LogP contribution is 2.43. The van der Waals surface area contributed by atoms with Gasteiger partial charge in [0.25, 0.3) is 23.8 Å². The summed E-state index contributed by atoms with van der Waals surface area (Å²) in [6.45, 7) is 4.96. The van der Waals surface area contributed by atoms with E-state index in [2.05, 4.69) is 51.4 Å². The van der Waals surface area contributed by atoms with Crippen molar-refractivity contribution in [3.05, 3.63) is 122 Å². The van der Waals surface area contributed by atoms with Crippen LogP contribution in [-0.4, -0.2) is 57.2 Å². The van der Waals surface area contributed by atoms with Crippen molar-refractivity contribution in [2.45, 2.75) is 77.8 Å². The van der Waals surface area contributed by atoms with E-state index in [1.165, 1.54) is 17.2 Å². The monoisotopic (exact) mass is 810 g/mol. The summed E-state index contributed by atoms with van der Waals surface area (Å²) < 4.78 is 31.5. The number of aromatic nitrogens is 2. The van der Waals surface area contributed by atoms with E-state index in [-0.39, 0.29) is 54.6 Å². The molecule has 3 aliphatic rings. The fourth-order valence-electron chi connectivity index (χ4n) is 8.62. The van der Waals surface area contributed by atoms with Crippen molar-refractivity contribution in [1.82, 2.24) is 25.1 Å². The highest BCUT2D eigenvalue weighted by Gasteiger charge is 2.39. The molecular weight excluding hydrogens is 767 g/mol. The van der Waals surface area contributed by atoms with Crippen LogP contribution in [0.25, 0.3) is 22.0 Å². The van der Waals surface area contributed by atoms with Gasteiger partial charge in [0.2, 0.25) is 11.8 Å². The number of amides is 4. The van der Waals surface area contributed by atoms with E-state index < -0.39 is 24.3 Å². The van der Waals surface area contributed by atoms with Crippen LogP contribution in [0.1, 0.15) is 99.7 Å². The molecule has 1 unspecified atom stereocenters. The van der Waals surface area contributed by atoms with Crippen LogP contribution in [0.5, 0.6) is 0 Å². The average Bonchev–Trinajstić information content (AvgIpc) is 3.58. The summed E-state index contributed by atoms with van der Waals surface area (Å²) in [6, 6.07) is 17.1. The number of benzene rings is 3. The van der Waals surface area contributed by atoms with Crippen molar-refractivity contribution in [2.75, 3.05) is 18.0 Å². The lowest BCUT2D eigenvalue weighted by molar-refractivity contribution is -0.136. The molecule has 0 bridgehead atoms. The van der Waals surface area contributed by atoms with Gasteiger partial charge in [0.15, 0.2) is 0 Å². The quantitative estimate of drug-likeness (QED) is 0.0949. The van der Waals surface area contributed by atoms with Gasteiger partial charge in [0, 0.05) is 84.6 Å². The van der Waals surface area contributed by atoms with E-state index in [0.29, 0.717) is 58.5 Å². The first kappa shape index (κ1) is 40.1. The smallest absolute Gasteiger partial charge is 0.269 e. The van der Waals surface area contributed by atoms with Gasteiger partial charge < -0.3 is 19.7 Å². The van der Waals surface area contributed by atoms with E-state index in [4.69, 9.17) is 0 Å². The number of alkyl halides is 2. The maximum atomic E-state index is 14.9. The predicted octanol–water partition coefficient (Wildman–Crippen LogP) is 6.82. The molecule has 5 aromatic rings. The van der Waals surface area contributed by atoms with Crippen molar-refractivity contribution in [3.63, 3.8) is 0 Å². The van der Waals surface area contributed by atoms with Crippen LogP contribution < -0.4 is 21.1 Å². The predicted molar refractivity (Wildman–Crippen MR) is 224 cm³/mol. The SMILES string of the molecule is CCCc1cc(N2CCCc3cc(-c4ccc(C(=O)NCCC#Cc5cccc6c5CN(C5CCC(=O)NC5=O)C6=O)nc4)c(C(F)F)cc32)c2cc(C)c(=O)n(C)c2c1. The van der Waals surface area contributed by atoms with Crippen molar-refractivity contribution in [3.8, 4) is 23.0 Å². The summed E-state index contributed by atoms with van der Waals surface area (Å²) in [6.07, 6.45) is 2.66. The molecule has 1 atom stereocenters. The van der Waals surface area contributed by atoms with Crippen LogP contribution in [0.3, 0.4) is 0 Å². The number of fused-ring (bicyclic) bond motifs is 3. The van der Waals surface area contributed by atoms with E-state index in [1.54, 1.807) is 48.9 Å². The average molecular weight is 811 g/mol. The third kappa shape index (κ3) is 7.54. The van der Waals surface area contributed by atoms with E-state index >= 15 is 0 Å². The molecule has 2 N–H and O–H groups in total. The van der Waals surface area contributed by atoms with E-state index in [1.807, 2.05) is 12.1 Å². The minimum absolute atomic E-state index is 0.0666. The van der Waals surface area contributed by atoms with Gasteiger partial charge in [-0.2, -0.15) is 0 Å². The zero-order valence-corrected chi connectivity index (χ0v) is 33.7. The highest BCUT2D eigenvalue weighted by atomic mass is 19.3. The first-order chi connectivity index (χ1) is 28.9. The molecule has 8 rings (SSSR count). The fourth-order valence-corrected chi connectivity index (χ4v) is 8.62. The normalized spacial score (nSPS) is 16.1.